The first kappa shape index (κ1) is 36.3. The Morgan fingerprint density at radius 2 is 1.78 bits per heavy atom. The first-order chi connectivity index (χ1) is 24.2. The molecule has 0 radical (unpaired) electrons. The van der Waals surface area contributed by atoms with E-state index in [2.05, 4.69) is 10.6 Å². The molecule has 2 aliphatic heterocycles. The average Bonchev–Trinajstić information content (AvgIpc) is 3.09. The Bertz CT molecular complexity index is 1840. The van der Waals surface area contributed by atoms with Crippen LogP contribution in [-0.4, -0.2) is 64.9 Å². The molecule has 1 fully saturated rings. The highest BCUT2D eigenvalue weighted by molar-refractivity contribution is 8.76. The maximum Gasteiger partial charge on any atom is 0.168 e. The van der Waals surface area contributed by atoms with Crippen molar-refractivity contribution in [3.8, 4) is 34.1 Å². The highest BCUT2D eigenvalue weighted by Gasteiger charge is 2.37. The van der Waals surface area contributed by atoms with Crippen LogP contribution < -0.4 is 15.4 Å². The van der Waals surface area contributed by atoms with E-state index >= 15 is 0 Å². The summed E-state index contributed by atoms with van der Waals surface area (Å²) >= 11 is 0. The quantitative estimate of drug-likeness (QED) is 0.0872. The van der Waals surface area contributed by atoms with E-state index in [1.54, 1.807) is 59.0 Å². The van der Waals surface area contributed by atoms with Crippen molar-refractivity contribution in [3.63, 3.8) is 0 Å². The van der Waals surface area contributed by atoms with E-state index in [0.29, 0.717) is 30.9 Å². The zero-order chi connectivity index (χ0) is 35.4. The van der Waals surface area contributed by atoms with E-state index in [0.717, 1.165) is 57.0 Å². The van der Waals surface area contributed by atoms with Crippen LogP contribution in [0.1, 0.15) is 60.6 Å². The second-order valence-corrected chi connectivity index (χ2v) is 15.8. The summed E-state index contributed by atoms with van der Waals surface area (Å²) in [5, 5.41) is 51.6. The average molecular weight is 719 g/mol. The SMILES string of the molecule is CNCc1cc(O)cc([C@@H](NC)O[C@@H]2CC(=O)CCc3ccc(O)c(OC)c3-c3ccc4ccc(O)cc4c3CSS[C@@H]3CC[C@@H]2C[C@@H]3O)c1. The Hall–Kier alpha value is -3.45. The summed E-state index contributed by atoms with van der Waals surface area (Å²) in [6.45, 7) is 0.582. The summed E-state index contributed by atoms with van der Waals surface area (Å²) in [5.41, 5.74) is 5.13. The monoisotopic (exact) mass is 718 g/mol. The van der Waals surface area contributed by atoms with Crippen LogP contribution in [0.2, 0.25) is 0 Å². The zero-order valence-corrected chi connectivity index (χ0v) is 30.3. The van der Waals surface area contributed by atoms with Gasteiger partial charge in [0.15, 0.2) is 11.5 Å². The van der Waals surface area contributed by atoms with Crippen molar-refractivity contribution in [1.29, 1.82) is 0 Å². The first-order valence-electron chi connectivity index (χ1n) is 17.1. The van der Waals surface area contributed by atoms with Gasteiger partial charge in [0.05, 0.1) is 19.3 Å². The number of fused-ring (bicyclic) bond motifs is 9. The number of Topliss-reactive ketones (excluding diaryl/α,β-unsaturated/α-hetero) is 1. The lowest BCUT2D eigenvalue weighted by atomic mass is 9.81. The molecule has 1 saturated carbocycles. The minimum atomic E-state index is -0.579. The molecular formula is C39H46N2O7S2. The van der Waals surface area contributed by atoms with E-state index in [4.69, 9.17) is 9.47 Å². The lowest BCUT2D eigenvalue weighted by Gasteiger charge is -2.38. The lowest BCUT2D eigenvalue weighted by molar-refractivity contribution is -0.128. The molecule has 4 aromatic carbocycles. The van der Waals surface area contributed by atoms with Crippen molar-refractivity contribution in [3.05, 3.63) is 82.9 Å². The topological polar surface area (TPSA) is 141 Å². The minimum absolute atomic E-state index is 0.00604. The van der Waals surface area contributed by atoms with Gasteiger partial charge in [-0.15, -0.1) is 0 Å². The number of aliphatic hydroxyl groups excluding tert-OH is 1. The number of hydrogen-bond acceptors (Lipinski definition) is 11. The van der Waals surface area contributed by atoms with Crippen LogP contribution in [-0.2, 0) is 28.2 Å². The number of aromatic hydroxyl groups is 3. The highest BCUT2D eigenvalue weighted by atomic mass is 33.1. The molecule has 50 heavy (non-hydrogen) atoms. The molecule has 2 bridgehead atoms. The molecule has 266 valence electrons. The van der Waals surface area contributed by atoms with Gasteiger partial charge in [-0.2, -0.15) is 0 Å². The third kappa shape index (κ3) is 8.03. The zero-order valence-electron chi connectivity index (χ0n) is 28.6. The van der Waals surface area contributed by atoms with Crippen LogP contribution in [0.4, 0.5) is 0 Å². The van der Waals surface area contributed by atoms with Gasteiger partial charge >= 0.3 is 0 Å². The second kappa shape index (κ2) is 16.3. The van der Waals surface area contributed by atoms with Gasteiger partial charge in [0.25, 0.3) is 0 Å². The summed E-state index contributed by atoms with van der Waals surface area (Å²) in [6, 6.07) is 18.2. The number of nitrogens with one attached hydrogen (secondary N) is 2. The number of ketones is 1. The minimum Gasteiger partial charge on any atom is -0.508 e. The van der Waals surface area contributed by atoms with E-state index in [1.807, 2.05) is 37.4 Å². The van der Waals surface area contributed by atoms with E-state index in [-0.39, 0.29) is 47.0 Å². The Morgan fingerprint density at radius 3 is 2.54 bits per heavy atom. The number of methoxy groups -OCH3 is 1. The molecule has 11 heteroatoms. The summed E-state index contributed by atoms with van der Waals surface area (Å²) in [6.07, 6.45) is 1.33. The molecule has 0 amide bonds. The Labute approximate surface area is 301 Å². The maximum atomic E-state index is 13.9. The fourth-order valence-corrected chi connectivity index (χ4v) is 10.3. The number of hydrogen-bond donors (Lipinski definition) is 6. The molecule has 4 aromatic rings. The first-order valence-corrected chi connectivity index (χ1v) is 19.5. The molecule has 0 unspecified atom stereocenters. The van der Waals surface area contributed by atoms with E-state index < -0.39 is 18.4 Å². The molecule has 9 nitrogen and oxygen atoms in total. The molecule has 6 N–H and O–H groups in total. The van der Waals surface area contributed by atoms with Crippen LogP contribution in [0.5, 0.6) is 23.0 Å². The summed E-state index contributed by atoms with van der Waals surface area (Å²) < 4.78 is 12.5. The molecule has 1 aliphatic carbocycles. The summed E-state index contributed by atoms with van der Waals surface area (Å²) in [5.74, 6) is 1.23. The second-order valence-electron chi connectivity index (χ2n) is 13.2. The number of ether oxygens (including phenoxy) is 2. The van der Waals surface area contributed by atoms with Crippen molar-refractivity contribution < 1.29 is 34.7 Å². The van der Waals surface area contributed by atoms with Gasteiger partial charge in [-0.05, 0) is 115 Å². The number of carbonyl (C=O) groups is 1. The Morgan fingerprint density at radius 1 is 0.960 bits per heavy atom. The predicted octanol–water partition coefficient (Wildman–Crippen LogP) is 6.97. The van der Waals surface area contributed by atoms with Crippen LogP contribution in [0.25, 0.3) is 21.9 Å². The Balaban J connectivity index is 1.38. The number of benzene rings is 4. The number of phenolic OH excluding ortho intramolecular Hbond substituents is 3. The standard InChI is InChI=1S/C39H46N2O7S2/c1-40-20-22-14-26(16-29(44)15-22)39(41-2)48-35-19-28(43)10-5-24-7-12-33(45)38(47-3)37(24)30-11-6-23-4-9-27(42)18-31(23)32(30)21-49-50-36-13-8-25(35)17-34(36)46/h4,6-7,9,11-12,14-16,18,25,34-36,39-42,44-46H,5,8,10,13,17,19-21H2,1-3H3/t25-,34+,35-,36-,39+/m1/s1. The van der Waals surface area contributed by atoms with Crippen LogP contribution in [0.15, 0.2) is 60.7 Å². The maximum absolute atomic E-state index is 13.9. The van der Waals surface area contributed by atoms with Crippen molar-refractivity contribution in [2.75, 3.05) is 21.2 Å². The van der Waals surface area contributed by atoms with Crippen molar-refractivity contribution >= 4 is 38.1 Å². The molecule has 3 aliphatic rings. The lowest BCUT2D eigenvalue weighted by Crippen LogP contribution is -2.40. The third-order valence-electron chi connectivity index (χ3n) is 9.89. The van der Waals surface area contributed by atoms with Crippen molar-refractivity contribution in [2.24, 2.45) is 5.92 Å². The number of aryl methyl sites for hydroxylation is 1. The molecule has 0 spiro atoms. The van der Waals surface area contributed by atoms with Crippen molar-refractivity contribution in [2.45, 2.75) is 74.5 Å². The number of rotatable bonds is 7. The molecule has 7 rings (SSSR count). The highest BCUT2D eigenvalue weighted by Crippen LogP contribution is 2.48. The van der Waals surface area contributed by atoms with Crippen LogP contribution in [0.3, 0.4) is 0 Å². The van der Waals surface area contributed by atoms with Crippen molar-refractivity contribution in [1.82, 2.24) is 10.6 Å². The number of carbonyl (C=O) groups excluding carboxylic acids is 1. The van der Waals surface area contributed by atoms with Gasteiger partial charge in [0.1, 0.15) is 23.5 Å². The number of aliphatic hydroxyl groups is 1. The van der Waals surface area contributed by atoms with Gasteiger partial charge < -0.3 is 35.2 Å². The fourth-order valence-electron chi connectivity index (χ4n) is 7.43. The molecule has 0 saturated heterocycles. The van der Waals surface area contributed by atoms with Gasteiger partial charge in [0, 0.05) is 36.0 Å². The molecule has 5 atom stereocenters. The molecule has 0 aromatic heterocycles. The largest absolute Gasteiger partial charge is 0.508 e. The predicted molar refractivity (Wildman–Crippen MR) is 201 cm³/mol. The summed E-state index contributed by atoms with van der Waals surface area (Å²) in [7, 11) is 8.52. The normalized spacial score (nSPS) is 22.2. The Kier molecular flexibility index (Phi) is 11.8. The van der Waals surface area contributed by atoms with Gasteiger partial charge in [-0.25, -0.2) is 0 Å². The smallest absolute Gasteiger partial charge is 0.168 e. The van der Waals surface area contributed by atoms with Gasteiger partial charge in [-0.1, -0.05) is 51.9 Å². The molecule has 2 heterocycles. The van der Waals surface area contributed by atoms with E-state index in [1.165, 1.54) is 7.11 Å². The third-order valence-corrected chi connectivity index (χ3v) is 12.7. The van der Waals surface area contributed by atoms with E-state index in [9.17, 15) is 25.2 Å². The number of phenols is 3. The van der Waals surface area contributed by atoms with Gasteiger partial charge in [0.2, 0.25) is 0 Å². The fraction of sp³-hybridized carbons (Fsp3) is 0.410. The van der Waals surface area contributed by atoms with Gasteiger partial charge in [-0.3, -0.25) is 10.1 Å². The van der Waals surface area contributed by atoms with Crippen LogP contribution >= 0.6 is 21.6 Å². The summed E-state index contributed by atoms with van der Waals surface area (Å²) in [4.78, 5) is 13.9. The molecular weight excluding hydrogens is 673 g/mol. The van der Waals surface area contributed by atoms with Crippen LogP contribution in [0, 0.1) is 5.92 Å².